The van der Waals surface area contributed by atoms with Gasteiger partial charge in [0.2, 0.25) is 6.54 Å². The molecule has 0 aromatic carbocycles. The summed E-state index contributed by atoms with van der Waals surface area (Å²) in [5, 5.41) is 8.58. The quantitative estimate of drug-likeness (QED) is 0.657. The van der Waals surface area contributed by atoms with E-state index in [0.717, 1.165) is 0 Å². The molecule has 3 nitrogen and oxygen atoms in total. The summed E-state index contributed by atoms with van der Waals surface area (Å²) in [5.74, 6) is -0.821. The normalized spacial score (nSPS) is 10.6. The molecule has 0 bridgehead atoms. The molecule has 0 unspecified atom stereocenters. The average Bonchev–Trinajstić information content (AvgIpc) is 2.02. The van der Waals surface area contributed by atoms with Crippen molar-refractivity contribution >= 4 is 5.97 Å². The van der Waals surface area contributed by atoms with Gasteiger partial charge in [0.1, 0.15) is 0 Å². The number of aliphatic carboxylic acids is 1. The van der Waals surface area contributed by atoms with Crippen molar-refractivity contribution in [1.82, 2.24) is 0 Å². The molecule has 0 atom stereocenters. The van der Waals surface area contributed by atoms with Crippen molar-refractivity contribution in [3.05, 3.63) is 30.1 Å². The molecule has 15 heavy (non-hydrogen) atoms. The molecule has 0 radical (unpaired) electrons. The molecule has 0 aliphatic rings. The number of carbonyl (C=O) groups is 1. The molecule has 1 heterocycles. The van der Waals surface area contributed by atoms with Gasteiger partial charge in [0, 0.05) is 12.1 Å². The van der Waals surface area contributed by atoms with Crippen molar-refractivity contribution in [3.63, 3.8) is 0 Å². The smallest absolute Gasteiger partial charge is 0.370 e. The van der Waals surface area contributed by atoms with Gasteiger partial charge in [-0.05, 0) is 11.0 Å². The van der Waals surface area contributed by atoms with Gasteiger partial charge in [-0.2, -0.15) is 4.57 Å². The zero-order valence-corrected chi connectivity index (χ0v) is 10.8. The minimum atomic E-state index is -0.821. The first-order valence-corrected chi connectivity index (χ1v) is 4.61. The van der Waals surface area contributed by atoms with E-state index in [9.17, 15) is 4.79 Å². The van der Waals surface area contributed by atoms with Crippen LogP contribution in [0.1, 0.15) is 26.3 Å². The molecule has 1 aromatic rings. The van der Waals surface area contributed by atoms with Crippen molar-refractivity contribution in [2.45, 2.75) is 32.7 Å². The molecule has 0 saturated heterocycles. The van der Waals surface area contributed by atoms with Crippen LogP contribution in [-0.2, 0) is 16.8 Å². The lowest BCUT2D eigenvalue weighted by Gasteiger charge is -2.17. The van der Waals surface area contributed by atoms with Gasteiger partial charge in [0.05, 0.1) is 0 Å². The topological polar surface area (TPSA) is 41.2 Å². The maximum atomic E-state index is 10.4. The zero-order valence-electron chi connectivity index (χ0n) is 9.20. The van der Waals surface area contributed by atoms with Gasteiger partial charge in [-0.25, -0.2) is 4.79 Å². The van der Waals surface area contributed by atoms with E-state index in [1.807, 2.05) is 12.1 Å². The van der Waals surface area contributed by atoms with Gasteiger partial charge in [-0.3, -0.25) is 0 Å². The summed E-state index contributed by atoms with van der Waals surface area (Å²) in [6, 6.07) is 3.92. The molecule has 0 aliphatic carbocycles. The first kappa shape index (κ1) is 14.1. The fourth-order valence-electron chi connectivity index (χ4n) is 1.22. The summed E-state index contributed by atoms with van der Waals surface area (Å²) >= 11 is 0. The molecule has 0 aliphatic heterocycles. The monoisotopic (exact) mass is 273 g/mol. The SMILES string of the molecule is CC(C)(C)c1cc[n+](CC(=O)O)cc1.[Br-]. The van der Waals surface area contributed by atoms with Gasteiger partial charge in [0.15, 0.2) is 12.4 Å². The molecule has 4 heteroatoms. The van der Waals surface area contributed by atoms with E-state index >= 15 is 0 Å². The predicted molar refractivity (Wildman–Crippen MR) is 53.0 cm³/mol. The van der Waals surface area contributed by atoms with Crippen molar-refractivity contribution < 1.29 is 31.4 Å². The summed E-state index contributed by atoms with van der Waals surface area (Å²) < 4.78 is 1.65. The number of rotatable bonds is 2. The predicted octanol–water partition coefficient (Wildman–Crippen LogP) is -1.64. The van der Waals surface area contributed by atoms with E-state index in [0.29, 0.717) is 0 Å². The van der Waals surface area contributed by atoms with Crippen LogP contribution in [0.4, 0.5) is 0 Å². The number of nitrogens with zero attached hydrogens (tertiary/aromatic N) is 1. The molecule has 1 N–H and O–H groups in total. The molecular formula is C11H16BrNO2. The van der Waals surface area contributed by atoms with E-state index < -0.39 is 5.97 Å². The van der Waals surface area contributed by atoms with Crippen LogP contribution in [0.25, 0.3) is 0 Å². The van der Waals surface area contributed by atoms with Gasteiger partial charge in [0.25, 0.3) is 0 Å². The lowest BCUT2D eigenvalue weighted by molar-refractivity contribution is -0.685. The third-order valence-electron chi connectivity index (χ3n) is 2.07. The molecule has 1 aromatic heterocycles. The largest absolute Gasteiger partial charge is 1.00 e. The second-order valence-electron chi connectivity index (χ2n) is 4.40. The Balaban J connectivity index is 0.00000196. The van der Waals surface area contributed by atoms with Crippen LogP contribution >= 0.6 is 0 Å². The highest BCUT2D eigenvalue weighted by Gasteiger charge is 2.15. The second kappa shape index (κ2) is 5.26. The van der Waals surface area contributed by atoms with Crippen molar-refractivity contribution in [2.24, 2.45) is 0 Å². The van der Waals surface area contributed by atoms with Crippen LogP contribution in [0.5, 0.6) is 0 Å². The molecular weight excluding hydrogens is 258 g/mol. The van der Waals surface area contributed by atoms with Crippen LogP contribution < -0.4 is 21.5 Å². The minimum Gasteiger partial charge on any atom is -1.00 e. The van der Waals surface area contributed by atoms with E-state index in [2.05, 4.69) is 20.8 Å². The summed E-state index contributed by atoms with van der Waals surface area (Å²) in [6.07, 6.45) is 3.60. The minimum absolute atomic E-state index is 0. The summed E-state index contributed by atoms with van der Waals surface area (Å²) in [5.41, 5.74) is 1.32. The van der Waals surface area contributed by atoms with Gasteiger partial charge >= 0.3 is 5.97 Å². The number of hydrogen-bond donors (Lipinski definition) is 1. The van der Waals surface area contributed by atoms with E-state index in [1.54, 1.807) is 17.0 Å². The van der Waals surface area contributed by atoms with Gasteiger partial charge < -0.3 is 22.1 Å². The van der Waals surface area contributed by atoms with E-state index in [4.69, 9.17) is 5.11 Å². The number of halogens is 1. The first-order chi connectivity index (χ1) is 6.39. The van der Waals surface area contributed by atoms with Crippen molar-refractivity contribution in [1.29, 1.82) is 0 Å². The number of hydrogen-bond acceptors (Lipinski definition) is 1. The summed E-state index contributed by atoms with van der Waals surface area (Å²) in [6.45, 7) is 6.40. The molecule has 0 amide bonds. The van der Waals surface area contributed by atoms with Crippen LogP contribution in [0.2, 0.25) is 0 Å². The molecule has 84 valence electrons. The Morgan fingerprint density at radius 2 is 1.80 bits per heavy atom. The Morgan fingerprint density at radius 3 is 2.13 bits per heavy atom. The second-order valence-corrected chi connectivity index (χ2v) is 4.40. The van der Waals surface area contributed by atoms with Crippen molar-refractivity contribution in [2.75, 3.05) is 0 Å². The Hall–Kier alpha value is -0.900. The van der Waals surface area contributed by atoms with Gasteiger partial charge in [-0.15, -0.1) is 0 Å². The lowest BCUT2D eigenvalue weighted by atomic mass is 9.88. The fraction of sp³-hybridized carbons (Fsp3) is 0.455. The fourth-order valence-corrected chi connectivity index (χ4v) is 1.22. The van der Waals surface area contributed by atoms with Crippen molar-refractivity contribution in [3.8, 4) is 0 Å². The highest BCUT2D eigenvalue weighted by molar-refractivity contribution is 5.64. The highest BCUT2D eigenvalue weighted by Crippen LogP contribution is 2.19. The molecule has 0 fully saturated rings. The van der Waals surface area contributed by atoms with Gasteiger partial charge in [-0.1, -0.05) is 20.8 Å². The standard InChI is InChI=1S/C11H15NO2.BrH/c1-11(2,3)9-4-6-12(7-5-9)8-10(13)14;/h4-7H,8H2,1-3H3;1H. The number of carboxylic acids is 1. The Morgan fingerprint density at radius 1 is 1.33 bits per heavy atom. The third-order valence-corrected chi connectivity index (χ3v) is 2.07. The van der Waals surface area contributed by atoms with Crippen LogP contribution in [0.15, 0.2) is 24.5 Å². The number of pyridine rings is 1. The zero-order chi connectivity index (χ0) is 10.8. The maximum absolute atomic E-state index is 10.4. The molecule has 0 saturated carbocycles. The lowest BCUT2D eigenvalue weighted by Crippen LogP contribution is -3.00. The summed E-state index contributed by atoms with van der Waals surface area (Å²) in [7, 11) is 0. The van der Waals surface area contributed by atoms with Crippen LogP contribution in [0.3, 0.4) is 0 Å². The first-order valence-electron chi connectivity index (χ1n) is 4.61. The summed E-state index contributed by atoms with van der Waals surface area (Å²) in [4.78, 5) is 10.4. The Bertz CT molecular complexity index is 327. The maximum Gasteiger partial charge on any atom is 0.370 e. The van der Waals surface area contributed by atoms with E-state index in [1.165, 1.54) is 5.56 Å². The van der Waals surface area contributed by atoms with E-state index in [-0.39, 0.29) is 28.9 Å². The number of carboxylic acid groups (broad SMARTS) is 1. The third kappa shape index (κ3) is 4.42. The Labute approximate surface area is 101 Å². The Kier molecular flexibility index (Phi) is 4.94. The number of aromatic nitrogens is 1. The molecule has 1 rings (SSSR count). The molecule has 0 spiro atoms. The highest BCUT2D eigenvalue weighted by atomic mass is 79.9. The average molecular weight is 274 g/mol. The van der Waals surface area contributed by atoms with Crippen LogP contribution in [0, 0.1) is 0 Å². The van der Waals surface area contributed by atoms with Crippen LogP contribution in [-0.4, -0.2) is 11.1 Å².